The number of rotatable bonds is 4. The Balaban J connectivity index is 1.42. The summed E-state index contributed by atoms with van der Waals surface area (Å²) < 4.78 is 5.74. The Bertz CT molecular complexity index is 903. The highest BCUT2D eigenvalue weighted by Gasteiger charge is 2.66. The molecule has 34 heavy (non-hydrogen) atoms. The molecule has 2 N–H and O–H groups in total. The van der Waals surface area contributed by atoms with Gasteiger partial charge in [0.15, 0.2) is 5.78 Å². The Hall–Kier alpha value is -0.710. The highest BCUT2D eigenvalue weighted by molar-refractivity contribution is 5.89. The zero-order chi connectivity index (χ0) is 25.1. The van der Waals surface area contributed by atoms with Crippen LogP contribution in [0.4, 0.5) is 0 Å². The standard InChI is InChI=1S/C30H48O4/c1-17(15-21(31)25-27(4,5)34-25)18-11-13-30(8)20-9-10-23-26(2,3)24(33)22(32)16-28(23,6)19(20)12-14-29(18,30)7/h9,17-19,21-23,25,31-32H,10-16H2,1-8H3/t17-,18-,19-,21+,22+,23-,25-,28+,29-,30+/m0/s1. The molecule has 4 fully saturated rings. The van der Waals surface area contributed by atoms with Gasteiger partial charge in [0.05, 0.1) is 11.7 Å². The van der Waals surface area contributed by atoms with Crippen molar-refractivity contribution in [2.75, 3.05) is 0 Å². The number of aliphatic hydroxyl groups excluding tert-OH is 2. The molecule has 4 heteroatoms. The fourth-order valence-electron chi connectivity index (χ4n) is 10.1. The van der Waals surface area contributed by atoms with Gasteiger partial charge in [-0.15, -0.1) is 0 Å². The normalized spacial score (nSPS) is 50.5. The second-order valence-electron chi connectivity index (χ2n) is 14.7. The molecule has 5 rings (SSSR count). The van der Waals surface area contributed by atoms with Crippen molar-refractivity contribution in [3.05, 3.63) is 11.6 Å². The average molecular weight is 473 g/mol. The fourth-order valence-corrected chi connectivity index (χ4v) is 10.1. The molecule has 0 aromatic rings. The summed E-state index contributed by atoms with van der Waals surface area (Å²) >= 11 is 0. The molecular weight excluding hydrogens is 424 g/mol. The van der Waals surface area contributed by atoms with Gasteiger partial charge in [-0.3, -0.25) is 4.79 Å². The first-order valence-corrected chi connectivity index (χ1v) is 13.9. The SMILES string of the molecule is C[C@@H](C[C@@H](O)[C@@H]1OC1(C)C)[C@@H]1CC[C@]2(C)C3=CC[C@H]4C(C)(C)C(=O)[C@H](O)C[C@]4(C)[C@H]3CC[C@@]12C. The van der Waals surface area contributed by atoms with Gasteiger partial charge in [0.2, 0.25) is 0 Å². The number of epoxide rings is 1. The van der Waals surface area contributed by atoms with Crippen LogP contribution in [0.5, 0.6) is 0 Å². The third-order valence-electron chi connectivity index (χ3n) is 12.3. The molecular formula is C30H48O4. The number of carbonyl (C=O) groups is 1. The predicted molar refractivity (Wildman–Crippen MR) is 134 cm³/mol. The highest BCUT2D eigenvalue weighted by atomic mass is 16.6. The highest BCUT2D eigenvalue weighted by Crippen LogP contribution is 2.73. The van der Waals surface area contributed by atoms with E-state index >= 15 is 0 Å². The van der Waals surface area contributed by atoms with Crippen LogP contribution in [0.1, 0.15) is 100 Å². The van der Waals surface area contributed by atoms with E-state index in [9.17, 15) is 15.0 Å². The summed E-state index contributed by atoms with van der Waals surface area (Å²) in [6.07, 6.45) is 8.43. The molecule has 0 unspecified atom stereocenters. The van der Waals surface area contributed by atoms with Gasteiger partial charge in [-0.05, 0) is 98.7 Å². The predicted octanol–water partition coefficient (Wildman–Crippen LogP) is 5.70. The topological polar surface area (TPSA) is 70.1 Å². The Morgan fingerprint density at radius 3 is 2.35 bits per heavy atom. The van der Waals surface area contributed by atoms with Crippen molar-refractivity contribution in [3.8, 4) is 0 Å². The molecule has 5 aliphatic rings. The monoisotopic (exact) mass is 472 g/mol. The van der Waals surface area contributed by atoms with Gasteiger partial charge in [-0.1, -0.05) is 53.2 Å². The Labute approximate surface area is 206 Å². The van der Waals surface area contributed by atoms with E-state index < -0.39 is 11.5 Å². The number of ketones is 1. The molecule has 0 aromatic heterocycles. The Kier molecular flexibility index (Phi) is 5.44. The fraction of sp³-hybridized carbons (Fsp3) is 0.900. The molecule has 0 aromatic carbocycles. The molecule has 1 saturated heterocycles. The van der Waals surface area contributed by atoms with Gasteiger partial charge in [0.25, 0.3) is 0 Å². The Morgan fingerprint density at radius 2 is 1.74 bits per heavy atom. The molecule has 0 radical (unpaired) electrons. The van der Waals surface area contributed by atoms with Crippen molar-refractivity contribution in [2.45, 2.75) is 124 Å². The first kappa shape index (κ1) is 25.0. The van der Waals surface area contributed by atoms with Crippen LogP contribution >= 0.6 is 0 Å². The number of fused-ring (bicyclic) bond motifs is 5. The van der Waals surface area contributed by atoms with Crippen LogP contribution in [-0.4, -0.2) is 39.9 Å². The zero-order valence-corrected chi connectivity index (χ0v) is 22.8. The third kappa shape index (κ3) is 3.16. The van der Waals surface area contributed by atoms with Gasteiger partial charge >= 0.3 is 0 Å². The van der Waals surface area contributed by atoms with Crippen LogP contribution in [-0.2, 0) is 9.53 Å². The summed E-state index contributed by atoms with van der Waals surface area (Å²) in [4.78, 5) is 12.9. The van der Waals surface area contributed by atoms with Crippen LogP contribution in [0.2, 0.25) is 0 Å². The minimum absolute atomic E-state index is 0.0204. The van der Waals surface area contributed by atoms with E-state index in [1.807, 2.05) is 0 Å². The summed E-state index contributed by atoms with van der Waals surface area (Å²) in [5.74, 6) is 1.84. The summed E-state index contributed by atoms with van der Waals surface area (Å²) in [5, 5.41) is 21.7. The zero-order valence-electron chi connectivity index (χ0n) is 22.8. The maximum Gasteiger partial charge on any atom is 0.167 e. The first-order valence-electron chi connectivity index (χ1n) is 13.9. The number of carbonyl (C=O) groups excluding carboxylic acids is 1. The molecule has 192 valence electrons. The molecule has 4 nitrogen and oxygen atoms in total. The lowest BCUT2D eigenvalue weighted by atomic mass is 9.41. The smallest absolute Gasteiger partial charge is 0.167 e. The van der Waals surface area contributed by atoms with Crippen LogP contribution in [0.25, 0.3) is 0 Å². The first-order chi connectivity index (χ1) is 15.6. The molecule has 0 amide bonds. The minimum atomic E-state index is -0.830. The molecule has 3 saturated carbocycles. The summed E-state index contributed by atoms with van der Waals surface area (Å²) in [7, 11) is 0. The van der Waals surface area contributed by atoms with E-state index in [-0.39, 0.29) is 39.8 Å². The number of ether oxygens (including phenoxy) is 1. The maximum atomic E-state index is 12.9. The van der Waals surface area contributed by atoms with Crippen LogP contribution in [0.15, 0.2) is 11.6 Å². The van der Waals surface area contributed by atoms with E-state index in [0.717, 1.165) is 19.3 Å². The van der Waals surface area contributed by atoms with Crippen molar-refractivity contribution < 1.29 is 19.7 Å². The molecule has 1 aliphatic heterocycles. The number of Topliss-reactive ketones (excluding diaryl/α,β-unsaturated/α-hetero) is 1. The van der Waals surface area contributed by atoms with Crippen molar-refractivity contribution in [3.63, 3.8) is 0 Å². The van der Waals surface area contributed by atoms with E-state index in [1.165, 1.54) is 19.3 Å². The third-order valence-corrected chi connectivity index (χ3v) is 12.3. The van der Waals surface area contributed by atoms with E-state index in [2.05, 4.69) is 61.5 Å². The van der Waals surface area contributed by atoms with Crippen LogP contribution in [0.3, 0.4) is 0 Å². The maximum absolute atomic E-state index is 12.9. The van der Waals surface area contributed by atoms with Crippen molar-refractivity contribution in [1.29, 1.82) is 0 Å². The van der Waals surface area contributed by atoms with Gasteiger partial charge < -0.3 is 14.9 Å². The van der Waals surface area contributed by atoms with Gasteiger partial charge in [0.1, 0.15) is 12.2 Å². The minimum Gasteiger partial charge on any atom is -0.390 e. The Morgan fingerprint density at radius 1 is 1.09 bits per heavy atom. The van der Waals surface area contributed by atoms with Crippen LogP contribution in [0, 0.1) is 45.3 Å². The van der Waals surface area contributed by atoms with Gasteiger partial charge in [-0.2, -0.15) is 0 Å². The number of hydrogen-bond donors (Lipinski definition) is 2. The number of hydrogen-bond acceptors (Lipinski definition) is 4. The van der Waals surface area contributed by atoms with Crippen molar-refractivity contribution >= 4 is 5.78 Å². The lowest BCUT2D eigenvalue weighted by Gasteiger charge is -2.63. The lowest BCUT2D eigenvalue weighted by molar-refractivity contribution is -0.162. The summed E-state index contributed by atoms with van der Waals surface area (Å²) in [6.45, 7) is 18.0. The van der Waals surface area contributed by atoms with Gasteiger partial charge in [-0.25, -0.2) is 0 Å². The quantitative estimate of drug-likeness (QED) is 0.407. The molecule has 0 bridgehead atoms. The van der Waals surface area contributed by atoms with Crippen LogP contribution < -0.4 is 0 Å². The summed E-state index contributed by atoms with van der Waals surface area (Å²) in [5.41, 5.74) is 1.32. The molecule has 10 atom stereocenters. The van der Waals surface area contributed by atoms with Crippen molar-refractivity contribution in [2.24, 2.45) is 45.3 Å². The second-order valence-corrected chi connectivity index (χ2v) is 14.7. The van der Waals surface area contributed by atoms with E-state index in [0.29, 0.717) is 30.1 Å². The average Bonchev–Trinajstić information content (AvgIpc) is 3.27. The molecule has 4 aliphatic carbocycles. The van der Waals surface area contributed by atoms with E-state index in [1.54, 1.807) is 5.57 Å². The second kappa shape index (κ2) is 7.42. The van der Waals surface area contributed by atoms with Gasteiger partial charge in [0, 0.05) is 5.41 Å². The lowest BCUT2D eigenvalue weighted by Crippen LogP contribution is -2.60. The number of aliphatic hydroxyl groups is 2. The molecule has 1 heterocycles. The van der Waals surface area contributed by atoms with E-state index in [4.69, 9.17) is 4.74 Å². The van der Waals surface area contributed by atoms with Crippen molar-refractivity contribution in [1.82, 2.24) is 0 Å². The molecule has 0 spiro atoms. The largest absolute Gasteiger partial charge is 0.390 e. The number of allylic oxidation sites excluding steroid dienone is 2. The summed E-state index contributed by atoms with van der Waals surface area (Å²) in [6, 6.07) is 0.